The molecule has 100 valence electrons. The van der Waals surface area contributed by atoms with Crippen LogP contribution >= 0.6 is 12.2 Å². The van der Waals surface area contributed by atoms with E-state index in [-0.39, 0.29) is 0 Å². The monoisotopic (exact) mass is 282 g/mol. The molecule has 0 aliphatic heterocycles. The van der Waals surface area contributed by atoms with E-state index in [1.54, 1.807) is 0 Å². The largest absolute Gasteiger partial charge is 0.399 e. The van der Waals surface area contributed by atoms with Gasteiger partial charge in [-0.3, -0.25) is 0 Å². The summed E-state index contributed by atoms with van der Waals surface area (Å²) in [5.74, 6) is 0.825. The van der Waals surface area contributed by atoms with E-state index in [1.807, 2.05) is 53.1 Å². The van der Waals surface area contributed by atoms with Crippen LogP contribution in [0.2, 0.25) is 0 Å². The molecular formula is C15H14N4S. The predicted molar refractivity (Wildman–Crippen MR) is 86.4 cm³/mol. The molecule has 0 spiro atoms. The average molecular weight is 282 g/mol. The van der Waals surface area contributed by atoms with E-state index in [0.29, 0.717) is 17.2 Å². The summed E-state index contributed by atoms with van der Waals surface area (Å²) < 4.78 is 2.02. The summed E-state index contributed by atoms with van der Waals surface area (Å²) in [5.41, 5.74) is 15.2. The van der Waals surface area contributed by atoms with Crippen LogP contribution in [-0.2, 0) is 6.54 Å². The molecule has 3 aromatic rings. The predicted octanol–water partition coefficient (Wildman–Crippen LogP) is 2.57. The van der Waals surface area contributed by atoms with Crippen LogP contribution in [0.4, 0.5) is 5.69 Å². The van der Waals surface area contributed by atoms with Gasteiger partial charge in [0.15, 0.2) is 0 Å². The smallest absolute Gasteiger partial charge is 0.141 e. The summed E-state index contributed by atoms with van der Waals surface area (Å²) in [5, 5.41) is 0. The summed E-state index contributed by atoms with van der Waals surface area (Å²) in [4.78, 5) is 5.10. The Balaban J connectivity index is 2.26. The zero-order valence-electron chi connectivity index (χ0n) is 10.8. The molecule has 2 aromatic carbocycles. The van der Waals surface area contributed by atoms with E-state index in [1.165, 1.54) is 0 Å². The van der Waals surface area contributed by atoms with Gasteiger partial charge in [-0.15, -0.1) is 0 Å². The van der Waals surface area contributed by atoms with Crippen LogP contribution in [0.25, 0.3) is 22.4 Å². The first kappa shape index (κ1) is 12.6. The quantitative estimate of drug-likeness (QED) is 0.572. The van der Waals surface area contributed by atoms with Crippen molar-refractivity contribution in [2.24, 2.45) is 5.73 Å². The van der Waals surface area contributed by atoms with Crippen molar-refractivity contribution in [3.63, 3.8) is 0 Å². The van der Waals surface area contributed by atoms with Crippen molar-refractivity contribution < 1.29 is 0 Å². The minimum absolute atomic E-state index is 0.429. The molecule has 0 saturated heterocycles. The van der Waals surface area contributed by atoms with E-state index in [9.17, 15) is 0 Å². The number of nitrogens with zero attached hydrogens (tertiary/aromatic N) is 2. The Morgan fingerprint density at radius 3 is 2.70 bits per heavy atom. The van der Waals surface area contributed by atoms with Crippen molar-refractivity contribution >= 4 is 33.9 Å². The number of rotatable bonds is 3. The number of nitrogen functional groups attached to an aromatic ring is 1. The Morgan fingerprint density at radius 1 is 1.15 bits per heavy atom. The molecule has 0 aliphatic carbocycles. The number of hydrogen-bond donors (Lipinski definition) is 2. The maximum atomic E-state index is 5.85. The third kappa shape index (κ3) is 2.23. The minimum Gasteiger partial charge on any atom is -0.399 e. The van der Waals surface area contributed by atoms with Gasteiger partial charge in [0.1, 0.15) is 5.82 Å². The molecule has 0 unspecified atom stereocenters. The molecule has 0 bridgehead atoms. The first-order valence-electron chi connectivity index (χ1n) is 6.24. The van der Waals surface area contributed by atoms with E-state index in [2.05, 4.69) is 4.98 Å². The van der Waals surface area contributed by atoms with Crippen LogP contribution in [0.15, 0.2) is 48.5 Å². The number of imidazole rings is 1. The Kier molecular flexibility index (Phi) is 3.12. The van der Waals surface area contributed by atoms with Crippen molar-refractivity contribution in [3.05, 3.63) is 48.5 Å². The lowest BCUT2D eigenvalue weighted by molar-refractivity contribution is 0.895. The maximum absolute atomic E-state index is 5.85. The molecule has 20 heavy (non-hydrogen) atoms. The van der Waals surface area contributed by atoms with E-state index in [4.69, 9.17) is 23.7 Å². The van der Waals surface area contributed by atoms with Crippen molar-refractivity contribution in [3.8, 4) is 11.4 Å². The zero-order chi connectivity index (χ0) is 14.1. The molecule has 1 aromatic heterocycles. The summed E-state index contributed by atoms with van der Waals surface area (Å²) in [6, 6.07) is 15.6. The Bertz CT molecular complexity index is 791. The highest BCUT2D eigenvalue weighted by atomic mass is 32.1. The molecule has 5 heteroatoms. The van der Waals surface area contributed by atoms with Gasteiger partial charge in [-0.1, -0.05) is 36.5 Å². The van der Waals surface area contributed by atoms with Crippen LogP contribution in [0.5, 0.6) is 0 Å². The number of para-hydroxylation sites is 2. The van der Waals surface area contributed by atoms with E-state index in [0.717, 1.165) is 22.4 Å². The molecule has 4 nitrogen and oxygen atoms in total. The Morgan fingerprint density at radius 2 is 1.95 bits per heavy atom. The number of aromatic nitrogens is 2. The number of hydrogen-bond acceptors (Lipinski definition) is 3. The summed E-state index contributed by atoms with van der Waals surface area (Å²) in [6.07, 6.45) is 0. The third-order valence-corrected chi connectivity index (χ3v) is 3.24. The molecule has 0 amide bonds. The van der Waals surface area contributed by atoms with Crippen molar-refractivity contribution in [2.75, 3.05) is 5.73 Å². The fourth-order valence-electron chi connectivity index (χ4n) is 2.29. The van der Waals surface area contributed by atoms with Gasteiger partial charge >= 0.3 is 0 Å². The van der Waals surface area contributed by atoms with E-state index < -0.39 is 0 Å². The van der Waals surface area contributed by atoms with Crippen molar-refractivity contribution in [1.29, 1.82) is 0 Å². The normalized spacial score (nSPS) is 10.8. The molecule has 3 rings (SSSR count). The molecule has 1 heterocycles. The zero-order valence-corrected chi connectivity index (χ0v) is 11.6. The molecule has 0 atom stereocenters. The fraction of sp³-hybridized carbons (Fsp3) is 0.0667. The first-order chi connectivity index (χ1) is 9.65. The van der Waals surface area contributed by atoms with E-state index >= 15 is 0 Å². The number of nitrogens with two attached hydrogens (primary N) is 2. The topological polar surface area (TPSA) is 69.9 Å². The second-order valence-electron chi connectivity index (χ2n) is 4.60. The van der Waals surface area contributed by atoms with Gasteiger partial charge in [0.05, 0.1) is 22.6 Å². The lowest BCUT2D eigenvalue weighted by atomic mass is 10.2. The first-order valence-corrected chi connectivity index (χ1v) is 6.65. The van der Waals surface area contributed by atoms with Crippen LogP contribution in [0.3, 0.4) is 0 Å². The number of benzene rings is 2. The van der Waals surface area contributed by atoms with Crippen LogP contribution < -0.4 is 11.5 Å². The number of fused-ring (bicyclic) bond motifs is 1. The third-order valence-electron chi connectivity index (χ3n) is 3.11. The van der Waals surface area contributed by atoms with Crippen molar-refractivity contribution in [1.82, 2.24) is 9.55 Å². The van der Waals surface area contributed by atoms with Gasteiger partial charge < -0.3 is 16.0 Å². The highest BCUT2D eigenvalue weighted by Gasteiger charge is 2.12. The second kappa shape index (κ2) is 4.94. The van der Waals surface area contributed by atoms with Gasteiger partial charge in [-0.2, -0.15) is 0 Å². The molecule has 0 radical (unpaired) electrons. The Labute approximate surface area is 122 Å². The second-order valence-corrected chi connectivity index (χ2v) is 5.13. The summed E-state index contributed by atoms with van der Waals surface area (Å²) in [7, 11) is 0. The fourth-order valence-corrected chi connectivity index (χ4v) is 2.42. The highest BCUT2D eigenvalue weighted by Crippen LogP contribution is 2.25. The Hall–Kier alpha value is -2.40. The van der Waals surface area contributed by atoms with Gasteiger partial charge in [0.25, 0.3) is 0 Å². The summed E-state index contributed by atoms with van der Waals surface area (Å²) >= 11 is 5.05. The number of thiocarbonyl (C=S) groups is 1. The van der Waals surface area contributed by atoms with Crippen LogP contribution in [0, 0.1) is 0 Å². The molecule has 0 saturated carbocycles. The maximum Gasteiger partial charge on any atom is 0.141 e. The van der Waals surface area contributed by atoms with Crippen LogP contribution in [-0.4, -0.2) is 14.5 Å². The van der Waals surface area contributed by atoms with Gasteiger partial charge in [0, 0.05) is 11.3 Å². The lowest BCUT2D eigenvalue weighted by Gasteiger charge is -2.08. The summed E-state index contributed by atoms with van der Waals surface area (Å²) in [6.45, 7) is 0.458. The number of anilines is 1. The lowest BCUT2D eigenvalue weighted by Crippen LogP contribution is -2.17. The van der Waals surface area contributed by atoms with Gasteiger partial charge in [-0.25, -0.2) is 4.98 Å². The minimum atomic E-state index is 0.429. The van der Waals surface area contributed by atoms with Crippen molar-refractivity contribution in [2.45, 2.75) is 6.54 Å². The van der Waals surface area contributed by atoms with Gasteiger partial charge in [0.2, 0.25) is 0 Å². The molecular weight excluding hydrogens is 268 g/mol. The standard InChI is InChI=1S/C15H14N4S/c16-11-5-3-4-10(8-11)15-18-12-6-1-2-7-13(12)19(15)9-14(17)20/h1-8H,9,16H2,(H2,17,20). The average Bonchev–Trinajstić information content (AvgIpc) is 2.77. The highest BCUT2D eigenvalue weighted by molar-refractivity contribution is 7.80. The SMILES string of the molecule is NC(=S)Cn1c(-c2cccc(N)c2)nc2ccccc21. The van der Waals surface area contributed by atoms with Gasteiger partial charge in [-0.05, 0) is 24.3 Å². The molecule has 0 aliphatic rings. The molecule has 0 fully saturated rings. The molecule has 4 N–H and O–H groups in total. The van der Waals surface area contributed by atoms with Crippen LogP contribution in [0.1, 0.15) is 0 Å².